The highest BCUT2D eigenvalue weighted by atomic mass is 16.5. The molecule has 0 fully saturated rings. The first-order valence-electron chi connectivity index (χ1n) is 5.30. The van der Waals surface area contributed by atoms with E-state index < -0.39 is 42.6 Å². The standard InChI is InChI=1S/C6H8O7.C4H10O2/c7-3(8)1-6(13,5(11)12)2-4(9)10;1-2-3-4(5)6/h13H,1-2H2,(H,7,8)(H,9,10)(H,11,12);4-6H,2-3H2,1H3. The molecule has 0 aliphatic carbocycles. The lowest BCUT2D eigenvalue weighted by molar-refractivity contribution is -0.170. The number of carboxylic acid groups (broad SMARTS) is 3. The van der Waals surface area contributed by atoms with Crippen LogP contribution in [0.2, 0.25) is 0 Å². The van der Waals surface area contributed by atoms with Gasteiger partial charge in [0.1, 0.15) is 0 Å². The number of hydrogen-bond acceptors (Lipinski definition) is 6. The van der Waals surface area contributed by atoms with Crippen molar-refractivity contribution in [3.63, 3.8) is 0 Å². The SMILES string of the molecule is CCCC(O)O.O=C(O)CC(O)(CC(=O)O)C(=O)O. The van der Waals surface area contributed by atoms with Gasteiger partial charge in [0, 0.05) is 0 Å². The Hall–Kier alpha value is -1.71. The highest BCUT2D eigenvalue weighted by molar-refractivity contribution is 5.88. The van der Waals surface area contributed by atoms with Gasteiger partial charge in [0.2, 0.25) is 0 Å². The topological polar surface area (TPSA) is 173 Å². The van der Waals surface area contributed by atoms with E-state index in [1.165, 1.54) is 0 Å². The molecule has 19 heavy (non-hydrogen) atoms. The fourth-order valence-electron chi connectivity index (χ4n) is 0.972. The number of aliphatic hydroxyl groups excluding tert-OH is 1. The minimum absolute atomic E-state index is 0.486. The van der Waals surface area contributed by atoms with Crippen molar-refractivity contribution in [2.75, 3.05) is 0 Å². The van der Waals surface area contributed by atoms with E-state index >= 15 is 0 Å². The van der Waals surface area contributed by atoms with Crippen molar-refractivity contribution in [3.8, 4) is 0 Å². The van der Waals surface area contributed by atoms with Gasteiger partial charge in [-0.3, -0.25) is 9.59 Å². The van der Waals surface area contributed by atoms with E-state index in [1.807, 2.05) is 6.92 Å². The number of hydrogen-bond donors (Lipinski definition) is 6. The molecule has 0 unspecified atom stereocenters. The maximum atomic E-state index is 10.3. The number of carbonyl (C=O) groups is 3. The zero-order valence-corrected chi connectivity index (χ0v) is 10.3. The molecule has 0 saturated heterocycles. The van der Waals surface area contributed by atoms with E-state index in [9.17, 15) is 14.4 Å². The van der Waals surface area contributed by atoms with Gasteiger partial charge in [0.15, 0.2) is 11.9 Å². The minimum Gasteiger partial charge on any atom is -0.481 e. The molecule has 0 aromatic rings. The normalized spacial score (nSPS) is 10.6. The summed E-state index contributed by atoms with van der Waals surface area (Å²) in [5.41, 5.74) is -2.74. The zero-order chi connectivity index (χ0) is 15.6. The highest BCUT2D eigenvalue weighted by Crippen LogP contribution is 2.15. The van der Waals surface area contributed by atoms with E-state index in [4.69, 9.17) is 30.6 Å². The summed E-state index contributed by atoms with van der Waals surface area (Å²) in [6.07, 6.45) is -2.07. The van der Waals surface area contributed by atoms with Crippen molar-refractivity contribution < 1.29 is 45.0 Å². The Bertz CT molecular complexity index is 294. The van der Waals surface area contributed by atoms with Crippen LogP contribution in [0.5, 0.6) is 0 Å². The molecule has 9 nitrogen and oxygen atoms in total. The van der Waals surface area contributed by atoms with Crippen molar-refractivity contribution >= 4 is 17.9 Å². The lowest BCUT2D eigenvalue weighted by Crippen LogP contribution is -2.42. The molecule has 0 amide bonds. The Morgan fingerprint density at radius 2 is 1.37 bits per heavy atom. The molecule has 6 N–H and O–H groups in total. The van der Waals surface area contributed by atoms with Crippen molar-refractivity contribution in [3.05, 3.63) is 0 Å². The minimum atomic E-state index is -2.74. The van der Waals surface area contributed by atoms with Crippen LogP contribution in [0.3, 0.4) is 0 Å². The largest absolute Gasteiger partial charge is 0.481 e. The van der Waals surface area contributed by atoms with Gasteiger partial charge in [0.25, 0.3) is 0 Å². The van der Waals surface area contributed by atoms with Gasteiger partial charge in [-0.15, -0.1) is 0 Å². The Labute approximate surface area is 108 Å². The molecule has 0 aliphatic heterocycles. The monoisotopic (exact) mass is 282 g/mol. The summed E-state index contributed by atoms with van der Waals surface area (Å²) in [5, 5.41) is 50.0. The zero-order valence-electron chi connectivity index (χ0n) is 10.3. The fourth-order valence-corrected chi connectivity index (χ4v) is 0.972. The molecule has 0 spiro atoms. The van der Waals surface area contributed by atoms with Gasteiger partial charge in [-0.2, -0.15) is 0 Å². The van der Waals surface area contributed by atoms with E-state index in [1.54, 1.807) is 0 Å². The summed E-state index contributed by atoms with van der Waals surface area (Å²) in [6, 6.07) is 0. The predicted octanol–water partition coefficient (Wildman–Crippen LogP) is -1.15. The Balaban J connectivity index is 0. The summed E-state index contributed by atoms with van der Waals surface area (Å²) in [7, 11) is 0. The molecular formula is C10H18O9. The maximum Gasteiger partial charge on any atom is 0.336 e. The Morgan fingerprint density at radius 1 is 1.00 bits per heavy atom. The number of rotatable bonds is 7. The average Bonchev–Trinajstić information content (AvgIpc) is 2.14. The summed E-state index contributed by atoms with van der Waals surface area (Å²) < 4.78 is 0. The second-order valence-electron chi connectivity index (χ2n) is 3.75. The van der Waals surface area contributed by atoms with Crippen molar-refractivity contribution in [1.82, 2.24) is 0 Å². The highest BCUT2D eigenvalue weighted by Gasteiger charge is 2.40. The molecule has 0 heterocycles. The molecule has 0 aromatic heterocycles. The Kier molecular flexibility index (Phi) is 9.56. The number of aliphatic hydroxyl groups is 3. The molecule has 0 aliphatic rings. The quantitative estimate of drug-likeness (QED) is 0.315. The number of aliphatic carboxylic acids is 3. The smallest absolute Gasteiger partial charge is 0.336 e. The molecule has 0 aromatic carbocycles. The molecule has 0 bridgehead atoms. The van der Waals surface area contributed by atoms with E-state index in [0.29, 0.717) is 6.42 Å². The second kappa shape index (κ2) is 9.25. The van der Waals surface area contributed by atoms with Crippen LogP contribution in [0.25, 0.3) is 0 Å². The van der Waals surface area contributed by atoms with Crippen LogP contribution in [-0.4, -0.2) is 60.4 Å². The average molecular weight is 282 g/mol. The van der Waals surface area contributed by atoms with Crippen molar-refractivity contribution in [2.45, 2.75) is 44.5 Å². The second-order valence-corrected chi connectivity index (χ2v) is 3.75. The maximum absolute atomic E-state index is 10.3. The predicted molar refractivity (Wildman–Crippen MR) is 60.2 cm³/mol. The van der Waals surface area contributed by atoms with Crippen LogP contribution < -0.4 is 0 Å². The fraction of sp³-hybridized carbons (Fsp3) is 0.700. The van der Waals surface area contributed by atoms with Gasteiger partial charge in [-0.05, 0) is 6.42 Å². The molecule has 9 heteroatoms. The number of carboxylic acids is 3. The van der Waals surface area contributed by atoms with Crippen LogP contribution in [-0.2, 0) is 14.4 Å². The summed E-state index contributed by atoms with van der Waals surface area (Å²) in [4.78, 5) is 30.5. The van der Waals surface area contributed by atoms with Crippen molar-refractivity contribution in [2.24, 2.45) is 0 Å². The van der Waals surface area contributed by atoms with Gasteiger partial charge in [-0.25, -0.2) is 4.79 Å². The van der Waals surface area contributed by atoms with E-state index in [2.05, 4.69) is 0 Å². The van der Waals surface area contributed by atoms with Crippen molar-refractivity contribution in [1.29, 1.82) is 0 Å². The third-order valence-corrected chi connectivity index (χ3v) is 1.83. The van der Waals surface area contributed by atoms with Crippen LogP contribution in [0.1, 0.15) is 32.6 Å². The Morgan fingerprint density at radius 3 is 1.47 bits per heavy atom. The van der Waals surface area contributed by atoms with Crippen LogP contribution in [0.15, 0.2) is 0 Å². The van der Waals surface area contributed by atoms with E-state index in [0.717, 1.165) is 6.42 Å². The lowest BCUT2D eigenvalue weighted by Gasteiger charge is -2.18. The molecule has 0 atom stereocenters. The first-order valence-corrected chi connectivity index (χ1v) is 5.30. The third kappa shape index (κ3) is 11.1. The van der Waals surface area contributed by atoms with Crippen LogP contribution in [0.4, 0.5) is 0 Å². The molecule has 112 valence electrons. The van der Waals surface area contributed by atoms with Gasteiger partial charge >= 0.3 is 17.9 Å². The van der Waals surface area contributed by atoms with Gasteiger partial charge < -0.3 is 30.6 Å². The third-order valence-electron chi connectivity index (χ3n) is 1.83. The van der Waals surface area contributed by atoms with Crippen LogP contribution in [0, 0.1) is 0 Å². The summed E-state index contributed by atoms with van der Waals surface area (Å²) >= 11 is 0. The molecule has 0 radical (unpaired) electrons. The molecular weight excluding hydrogens is 264 g/mol. The molecule has 0 saturated carbocycles. The van der Waals surface area contributed by atoms with Crippen LogP contribution >= 0.6 is 0 Å². The first kappa shape index (κ1) is 19.6. The molecule has 0 rings (SSSR count). The summed E-state index contributed by atoms with van der Waals surface area (Å²) in [6.45, 7) is 1.90. The van der Waals surface area contributed by atoms with E-state index in [-0.39, 0.29) is 0 Å². The lowest BCUT2D eigenvalue weighted by atomic mass is 9.96. The van der Waals surface area contributed by atoms with Gasteiger partial charge in [-0.1, -0.05) is 13.3 Å². The summed E-state index contributed by atoms with van der Waals surface area (Å²) in [5.74, 6) is -5.02. The first-order chi connectivity index (χ1) is 8.55. The van der Waals surface area contributed by atoms with Gasteiger partial charge in [0.05, 0.1) is 12.8 Å².